The fourth-order valence-corrected chi connectivity index (χ4v) is 6.77. The van der Waals surface area contributed by atoms with Gasteiger partial charge in [-0.05, 0) is 47.9 Å². The number of ether oxygens (including phenoxy) is 2. The van der Waals surface area contributed by atoms with E-state index in [-0.39, 0.29) is 58.4 Å². The molecule has 4 amide bonds. The fourth-order valence-electron chi connectivity index (χ4n) is 6.77. The molecule has 1 aliphatic rings. The molecule has 0 spiro atoms. The molecule has 16 heteroatoms. The van der Waals surface area contributed by atoms with Crippen LogP contribution in [0.15, 0.2) is 103 Å². The number of alkyl halides is 6. The third-order valence-electron chi connectivity index (χ3n) is 9.67. The minimum Gasteiger partial charge on any atom is -0.496 e. The highest BCUT2D eigenvalue weighted by Crippen LogP contribution is 2.37. The second kappa shape index (κ2) is 17.3. The molecule has 1 aromatic heterocycles. The van der Waals surface area contributed by atoms with Crippen molar-refractivity contribution in [1.82, 2.24) is 25.0 Å². The zero-order valence-electron chi connectivity index (χ0n) is 30.7. The predicted octanol–water partition coefficient (Wildman–Crippen LogP) is 8.13. The van der Waals surface area contributed by atoms with Gasteiger partial charge in [0.1, 0.15) is 12.4 Å². The number of carbonyl (C=O) groups is 3. The first kappa shape index (κ1) is 40.5. The van der Waals surface area contributed by atoms with Gasteiger partial charge >= 0.3 is 24.5 Å². The van der Waals surface area contributed by atoms with Crippen molar-refractivity contribution in [3.05, 3.63) is 137 Å². The second-order valence-electron chi connectivity index (χ2n) is 13.5. The number of piperazine rings is 1. The molecule has 6 rings (SSSR count). The Labute approximate surface area is 323 Å². The number of halogens is 6. The summed E-state index contributed by atoms with van der Waals surface area (Å²) in [5, 5.41) is 3.61. The van der Waals surface area contributed by atoms with E-state index in [1.54, 1.807) is 36.5 Å². The van der Waals surface area contributed by atoms with Crippen molar-refractivity contribution in [3.63, 3.8) is 0 Å². The number of urea groups is 1. The number of aromatic nitrogens is 1. The van der Waals surface area contributed by atoms with E-state index < -0.39 is 53.1 Å². The standard InChI is InChI=1S/C41H39F6N5O5/c1-56-36-14-8-5-11-28(36)24-51(39(55)57-26-27-9-3-2-4-10-27)16-15-48-38(54)50-17-18-52(33(25-50)21-30-23-49-35-13-7-6-12-34(30)35)37(53)29-19-31(40(42,43)44)22-32(20-29)41(45,46)47/h2-14,19-20,22-23,33,49H,15-18,21,24-26H2,1H3,(H,48,54)/t33-/m1/s1. The van der Waals surface area contributed by atoms with Gasteiger partial charge in [0.2, 0.25) is 0 Å². The van der Waals surface area contributed by atoms with Crippen molar-refractivity contribution in [2.75, 3.05) is 39.8 Å². The van der Waals surface area contributed by atoms with Gasteiger partial charge in [0.25, 0.3) is 5.91 Å². The Hall–Kier alpha value is -6.19. The number of H-pyrrole nitrogens is 1. The molecular weight excluding hydrogens is 756 g/mol. The van der Waals surface area contributed by atoms with Crippen molar-refractivity contribution in [2.45, 2.75) is 38.0 Å². The highest BCUT2D eigenvalue weighted by atomic mass is 19.4. The average Bonchev–Trinajstić information content (AvgIpc) is 3.61. The lowest BCUT2D eigenvalue weighted by atomic mass is 9.99. The van der Waals surface area contributed by atoms with Crippen LogP contribution in [0.25, 0.3) is 10.9 Å². The topological polar surface area (TPSA) is 107 Å². The summed E-state index contributed by atoms with van der Waals surface area (Å²) in [5.74, 6) is -0.478. The molecule has 300 valence electrons. The van der Waals surface area contributed by atoms with Crippen LogP contribution in [0.1, 0.15) is 38.2 Å². The molecule has 2 N–H and O–H groups in total. The summed E-state index contributed by atoms with van der Waals surface area (Å²) in [6, 6.07) is 23.0. The first-order valence-electron chi connectivity index (χ1n) is 18.0. The Morgan fingerprint density at radius 1 is 0.842 bits per heavy atom. The number of nitrogens with one attached hydrogen (secondary N) is 2. The van der Waals surface area contributed by atoms with Gasteiger partial charge in [0.15, 0.2) is 0 Å². The van der Waals surface area contributed by atoms with Gasteiger partial charge in [-0.2, -0.15) is 26.3 Å². The highest BCUT2D eigenvalue weighted by molar-refractivity contribution is 5.95. The molecule has 5 aromatic rings. The summed E-state index contributed by atoms with van der Waals surface area (Å²) in [6.45, 7) is -0.192. The molecular formula is C41H39F6N5O5. The Morgan fingerprint density at radius 3 is 2.21 bits per heavy atom. The number of carbonyl (C=O) groups excluding carboxylic acids is 3. The highest BCUT2D eigenvalue weighted by Gasteiger charge is 2.40. The second-order valence-corrected chi connectivity index (χ2v) is 13.5. The van der Waals surface area contributed by atoms with Crippen LogP contribution in [-0.2, 0) is 36.7 Å². The molecule has 1 saturated heterocycles. The molecule has 1 atom stereocenters. The minimum absolute atomic E-state index is 0.00880. The van der Waals surface area contributed by atoms with Crippen LogP contribution in [0, 0.1) is 0 Å². The molecule has 0 aliphatic carbocycles. The largest absolute Gasteiger partial charge is 0.496 e. The van der Waals surface area contributed by atoms with Crippen LogP contribution in [0.5, 0.6) is 5.75 Å². The Bertz CT molecular complexity index is 2160. The number of benzene rings is 4. The lowest BCUT2D eigenvalue weighted by molar-refractivity contribution is -0.143. The lowest BCUT2D eigenvalue weighted by Crippen LogP contribution is -2.59. The Kier molecular flexibility index (Phi) is 12.3. The van der Waals surface area contributed by atoms with E-state index in [9.17, 15) is 40.7 Å². The summed E-state index contributed by atoms with van der Waals surface area (Å²) >= 11 is 0. The molecule has 1 aliphatic heterocycles. The van der Waals surface area contributed by atoms with Crippen LogP contribution >= 0.6 is 0 Å². The van der Waals surface area contributed by atoms with Crippen LogP contribution < -0.4 is 10.1 Å². The maximum Gasteiger partial charge on any atom is 0.416 e. The van der Waals surface area contributed by atoms with E-state index in [2.05, 4.69) is 10.3 Å². The summed E-state index contributed by atoms with van der Waals surface area (Å²) in [4.78, 5) is 48.1. The smallest absolute Gasteiger partial charge is 0.416 e. The first-order chi connectivity index (χ1) is 27.2. The van der Waals surface area contributed by atoms with Crippen LogP contribution in [-0.4, -0.2) is 83.6 Å². The minimum atomic E-state index is -5.14. The van der Waals surface area contributed by atoms with E-state index in [4.69, 9.17) is 9.47 Å². The normalized spacial score (nSPS) is 14.7. The summed E-state index contributed by atoms with van der Waals surface area (Å²) in [7, 11) is 1.51. The fraction of sp³-hybridized carbons (Fsp3) is 0.293. The number of fused-ring (bicyclic) bond motifs is 1. The van der Waals surface area contributed by atoms with Gasteiger partial charge in [0.05, 0.1) is 30.8 Å². The van der Waals surface area contributed by atoms with E-state index in [1.165, 1.54) is 21.8 Å². The molecule has 10 nitrogen and oxygen atoms in total. The number of amides is 4. The predicted molar refractivity (Wildman–Crippen MR) is 198 cm³/mol. The lowest BCUT2D eigenvalue weighted by Gasteiger charge is -2.41. The molecule has 0 radical (unpaired) electrons. The third-order valence-corrected chi connectivity index (χ3v) is 9.67. The summed E-state index contributed by atoms with van der Waals surface area (Å²) in [6.07, 6.45) is -9.07. The van der Waals surface area contributed by atoms with E-state index in [1.807, 2.05) is 48.5 Å². The van der Waals surface area contributed by atoms with E-state index in [0.29, 0.717) is 23.4 Å². The number of rotatable bonds is 11. The van der Waals surface area contributed by atoms with Crippen molar-refractivity contribution in [2.24, 2.45) is 0 Å². The number of methoxy groups -OCH3 is 1. The van der Waals surface area contributed by atoms with Crippen LogP contribution in [0.3, 0.4) is 0 Å². The zero-order chi connectivity index (χ0) is 40.7. The van der Waals surface area contributed by atoms with Crippen molar-refractivity contribution in [1.29, 1.82) is 0 Å². The molecule has 57 heavy (non-hydrogen) atoms. The number of hydrogen-bond acceptors (Lipinski definition) is 5. The van der Waals surface area contributed by atoms with Crippen molar-refractivity contribution < 1.29 is 50.2 Å². The van der Waals surface area contributed by atoms with Gasteiger partial charge in [-0.25, -0.2) is 9.59 Å². The molecule has 1 fully saturated rings. The third kappa shape index (κ3) is 9.98. The summed E-state index contributed by atoms with van der Waals surface area (Å²) in [5.41, 5.74) is -0.975. The van der Waals surface area contributed by atoms with Gasteiger partial charge in [0, 0.05) is 61.0 Å². The molecule has 0 saturated carbocycles. The number of aromatic amines is 1. The van der Waals surface area contributed by atoms with Crippen LogP contribution in [0.4, 0.5) is 35.9 Å². The van der Waals surface area contributed by atoms with E-state index >= 15 is 0 Å². The van der Waals surface area contributed by atoms with E-state index in [0.717, 1.165) is 22.0 Å². The Balaban J connectivity index is 1.19. The average molecular weight is 796 g/mol. The Morgan fingerprint density at radius 2 is 1.51 bits per heavy atom. The molecule has 0 bridgehead atoms. The van der Waals surface area contributed by atoms with Gasteiger partial charge in [-0.15, -0.1) is 0 Å². The maximum atomic E-state index is 13.9. The monoisotopic (exact) mass is 795 g/mol. The van der Waals surface area contributed by atoms with Gasteiger partial charge in [-0.3, -0.25) is 4.79 Å². The molecule has 4 aromatic carbocycles. The van der Waals surface area contributed by atoms with Crippen molar-refractivity contribution >= 4 is 28.9 Å². The zero-order valence-corrected chi connectivity index (χ0v) is 30.7. The SMILES string of the molecule is COc1ccccc1CN(CCNC(=O)N1CCN(C(=O)c2cc(C(F)(F)F)cc(C(F)(F)F)c2)[C@H](Cc2c[nH]c3ccccc23)C1)C(=O)OCc1ccccc1. The molecule has 2 heterocycles. The summed E-state index contributed by atoms with van der Waals surface area (Å²) < 4.78 is 93.4. The number of para-hydroxylation sites is 2. The molecule has 0 unspecified atom stereocenters. The van der Waals surface area contributed by atoms with Gasteiger partial charge in [-0.1, -0.05) is 66.7 Å². The first-order valence-corrected chi connectivity index (χ1v) is 18.0. The number of nitrogens with zero attached hydrogens (tertiary/aromatic N) is 3. The van der Waals surface area contributed by atoms with Crippen LogP contribution in [0.2, 0.25) is 0 Å². The van der Waals surface area contributed by atoms with Gasteiger partial charge < -0.3 is 34.5 Å². The quantitative estimate of drug-likeness (QED) is 0.131. The number of hydrogen-bond donors (Lipinski definition) is 2. The maximum absolute atomic E-state index is 13.9. The van der Waals surface area contributed by atoms with Crippen molar-refractivity contribution in [3.8, 4) is 5.75 Å².